The zero-order valence-electron chi connectivity index (χ0n) is 16.8. The zero-order chi connectivity index (χ0) is 22.6. The van der Waals surface area contributed by atoms with Gasteiger partial charge in [0.25, 0.3) is 5.91 Å². The van der Waals surface area contributed by atoms with Gasteiger partial charge >= 0.3 is 12.1 Å². The van der Waals surface area contributed by atoms with Crippen LogP contribution in [0, 0.1) is 5.82 Å². The van der Waals surface area contributed by atoms with E-state index in [-0.39, 0.29) is 59.3 Å². The van der Waals surface area contributed by atoms with Crippen LogP contribution in [0.25, 0.3) is 0 Å². The number of halogens is 3. The van der Waals surface area contributed by atoms with Gasteiger partial charge in [-0.15, -0.1) is 0 Å². The Morgan fingerprint density at radius 1 is 1.06 bits per heavy atom. The van der Waals surface area contributed by atoms with Gasteiger partial charge in [0.2, 0.25) is 0 Å². The molecule has 10 heteroatoms. The van der Waals surface area contributed by atoms with Gasteiger partial charge in [-0.3, -0.25) is 9.69 Å². The second kappa shape index (κ2) is 7.94. The molecule has 1 aliphatic carbocycles. The lowest BCUT2D eigenvalue weighted by molar-refractivity contribution is -0.129. The first-order valence-corrected chi connectivity index (χ1v) is 11.0. The zero-order valence-corrected chi connectivity index (χ0v) is 18.3. The van der Waals surface area contributed by atoms with Gasteiger partial charge in [-0.1, -0.05) is 53.5 Å². The van der Waals surface area contributed by atoms with E-state index in [4.69, 9.17) is 23.2 Å². The fourth-order valence-electron chi connectivity index (χ4n) is 4.48. The van der Waals surface area contributed by atoms with Crippen LogP contribution < -0.4 is 5.32 Å². The van der Waals surface area contributed by atoms with Crippen LogP contribution in [0.2, 0.25) is 10.0 Å². The van der Waals surface area contributed by atoms with E-state index in [1.807, 2.05) is 30.3 Å². The number of imide groups is 1. The number of nitrogens with zero attached hydrogens (tertiary/aromatic N) is 3. The molecule has 3 atom stereocenters. The lowest BCUT2D eigenvalue weighted by Crippen LogP contribution is -2.55. The number of piperazine rings is 1. The standard InChI is InChI=1S/C22H19Cl2FN4O3/c23-15-8-13(25)9-16(24)19(15)26-21(31)27-6-7-28-18(11-27)20(30)29(22(28)32)17-10-14(17)12-4-2-1-3-5-12/h1-5,8-9,14,17-18H,6-7,10-11H2,(H,26,31)/t14-,17+,18+/m1/s1. The van der Waals surface area contributed by atoms with Crippen LogP contribution in [-0.2, 0) is 4.79 Å². The Morgan fingerprint density at radius 2 is 1.75 bits per heavy atom. The number of anilines is 1. The van der Waals surface area contributed by atoms with Gasteiger partial charge in [0.15, 0.2) is 0 Å². The molecule has 2 aromatic carbocycles. The van der Waals surface area contributed by atoms with Crippen molar-refractivity contribution in [1.29, 1.82) is 0 Å². The Morgan fingerprint density at radius 3 is 2.44 bits per heavy atom. The lowest BCUT2D eigenvalue weighted by atomic mass is 10.1. The molecule has 1 N–H and O–H groups in total. The Labute approximate surface area is 193 Å². The summed E-state index contributed by atoms with van der Waals surface area (Å²) >= 11 is 12.0. The van der Waals surface area contributed by atoms with Gasteiger partial charge in [-0.25, -0.2) is 14.0 Å². The summed E-state index contributed by atoms with van der Waals surface area (Å²) in [6.07, 6.45) is 0.744. The SMILES string of the molecule is O=C(Nc1c(Cl)cc(F)cc1Cl)N1CCN2C(=O)N([C@H]3C[C@@H]3c3ccccc3)C(=O)[C@@H]2C1. The maximum atomic E-state index is 13.4. The number of rotatable bonds is 3. The topological polar surface area (TPSA) is 73.0 Å². The highest BCUT2D eigenvalue weighted by Gasteiger charge is 2.56. The monoisotopic (exact) mass is 476 g/mol. The maximum absolute atomic E-state index is 13.4. The molecule has 32 heavy (non-hydrogen) atoms. The number of nitrogens with one attached hydrogen (secondary N) is 1. The number of benzene rings is 2. The first-order valence-electron chi connectivity index (χ1n) is 10.2. The third kappa shape index (κ3) is 3.57. The van der Waals surface area contributed by atoms with E-state index < -0.39 is 17.9 Å². The summed E-state index contributed by atoms with van der Waals surface area (Å²) in [5, 5.41) is 2.53. The minimum Gasteiger partial charge on any atom is -0.320 e. The Kier molecular flexibility index (Phi) is 5.22. The second-order valence-corrected chi connectivity index (χ2v) is 8.96. The van der Waals surface area contributed by atoms with Crippen LogP contribution in [0.15, 0.2) is 42.5 Å². The predicted molar refractivity (Wildman–Crippen MR) is 117 cm³/mol. The molecule has 166 valence electrons. The molecule has 2 aromatic rings. The fraction of sp³-hybridized carbons (Fsp3) is 0.318. The number of amides is 5. The van der Waals surface area contributed by atoms with Gasteiger partial charge < -0.3 is 15.1 Å². The summed E-state index contributed by atoms with van der Waals surface area (Å²) < 4.78 is 13.4. The highest BCUT2D eigenvalue weighted by Crippen LogP contribution is 2.47. The van der Waals surface area contributed by atoms with Crippen LogP contribution in [0.3, 0.4) is 0 Å². The number of carbonyl (C=O) groups is 3. The smallest absolute Gasteiger partial charge is 0.320 e. The summed E-state index contributed by atoms with van der Waals surface area (Å²) in [6, 6.07) is 10.2. The predicted octanol–water partition coefficient (Wildman–Crippen LogP) is 4.17. The summed E-state index contributed by atoms with van der Waals surface area (Å²) in [6.45, 7) is 0.553. The molecule has 0 aromatic heterocycles. The molecule has 0 radical (unpaired) electrons. The molecule has 1 saturated carbocycles. The summed E-state index contributed by atoms with van der Waals surface area (Å²) in [5.41, 5.74) is 1.21. The van der Waals surface area contributed by atoms with Gasteiger partial charge in [-0.05, 0) is 24.1 Å². The van der Waals surface area contributed by atoms with Crippen LogP contribution in [0.5, 0.6) is 0 Å². The number of carbonyl (C=O) groups excluding carboxylic acids is 3. The molecule has 2 aliphatic heterocycles. The van der Waals surface area contributed by atoms with Gasteiger partial charge in [0.1, 0.15) is 11.9 Å². The average molecular weight is 477 g/mol. The van der Waals surface area contributed by atoms with E-state index >= 15 is 0 Å². The van der Waals surface area contributed by atoms with Crippen molar-refractivity contribution in [3.63, 3.8) is 0 Å². The van der Waals surface area contributed by atoms with Crippen molar-refractivity contribution in [1.82, 2.24) is 14.7 Å². The van der Waals surface area contributed by atoms with Crippen molar-refractivity contribution in [2.75, 3.05) is 25.0 Å². The minimum atomic E-state index is -0.724. The van der Waals surface area contributed by atoms with Gasteiger partial charge in [0, 0.05) is 25.0 Å². The van der Waals surface area contributed by atoms with Crippen LogP contribution in [0.4, 0.5) is 19.7 Å². The highest BCUT2D eigenvalue weighted by atomic mass is 35.5. The molecule has 5 amide bonds. The van der Waals surface area contributed by atoms with E-state index in [1.165, 1.54) is 14.7 Å². The molecule has 3 aliphatic rings. The third-order valence-electron chi connectivity index (χ3n) is 6.20. The molecule has 7 nitrogen and oxygen atoms in total. The number of hydrogen-bond donors (Lipinski definition) is 1. The van der Waals surface area contributed by atoms with Crippen molar-refractivity contribution in [3.8, 4) is 0 Å². The van der Waals surface area contributed by atoms with Crippen molar-refractivity contribution >= 4 is 46.9 Å². The molecular weight excluding hydrogens is 458 g/mol. The quantitative estimate of drug-likeness (QED) is 0.675. The summed E-state index contributed by atoms with van der Waals surface area (Å²) in [7, 11) is 0. The largest absolute Gasteiger partial charge is 0.327 e. The molecule has 0 unspecified atom stereocenters. The lowest BCUT2D eigenvalue weighted by Gasteiger charge is -2.35. The van der Waals surface area contributed by atoms with Crippen LogP contribution in [-0.4, -0.2) is 64.4 Å². The Bertz CT molecular complexity index is 1090. The van der Waals surface area contributed by atoms with E-state index in [0.29, 0.717) is 0 Å². The van der Waals surface area contributed by atoms with Crippen LogP contribution >= 0.6 is 23.2 Å². The van der Waals surface area contributed by atoms with E-state index in [2.05, 4.69) is 5.32 Å². The minimum absolute atomic E-state index is 0.0269. The molecule has 3 fully saturated rings. The highest BCUT2D eigenvalue weighted by molar-refractivity contribution is 6.39. The Balaban J connectivity index is 1.28. The van der Waals surface area contributed by atoms with Crippen molar-refractivity contribution in [2.45, 2.75) is 24.4 Å². The molecule has 0 bridgehead atoms. The first kappa shape index (κ1) is 21.0. The van der Waals surface area contributed by atoms with Crippen molar-refractivity contribution < 1.29 is 18.8 Å². The second-order valence-electron chi connectivity index (χ2n) is 8.14. The van der Waals surface area contributed by atoms with E-state index in [9.17, 15) is 18.8 Å². The number of hydrogen-bond acceptors (Lipinski definition) is 3. The van der Waals surface area contributed by atoms with Crippen molar-refractivity contribution in [3.05, 3.63) is 63.9 Å². The van der Waals surface area contributed by atoms with Gasteiger partial charge in [0.05, 0.1) is 22.3 Å². The van der Waals surface area contributed by atoms with Crippen molar-refractivity contribution in [2.24, 2.45) is 0 Å². The van der Waals surface area contributed by atoms with E-state index in [0.717, 1.165) is 24.1 Å². The first-order chi connectivity index (χ1) is 15.3. The number of urea groups is 2. The molecular formula is C22H19Cl2FN4O3. The van der Waals surface area contributed by atoms with Crippen LogP contribution in [0.1, 0.15) is 17.9 Å². The molecule has 2 heterocycles. The maximum Gasteiger partial charge on any atom is 0.327 e. The molecule has 5 rings (SSSR count). The summed E-state index contributed by atoms with van der Waals surface area (Å²) in [4.78, 5) is 43.1. The number of fused-ring (bicyclic) bond motifs is 1. The molecule has 0 spiro atoms. The fourth-order valence-corrected chi connectivity index (χ4v) is 5.03. The normalized spacial score (nSPS) is 24.6. The third-order valence-corrected chi connectivity index (χ3v) is 6.79. The van der Waals surface area contributed by atoms with Gasteiger partial charge in [-0.2, -0.15) is 0 Å². The average Bonchev–Trinajstić information content (AvgIpc) is 3.52. The summed E-state index contributed by atoms with van der Waals surface area (Å²) in [5.74, 6) is -0.753. The molecule has 2 saturated heterocycles. The van der Waals surface area contributed by atoms with E-state index in [1.54, 1.807) is 0 Å². The Hall–Kier alpha value is -2.84.